The first-order valence-electron chi connectivity index (χ1n) is 7.11. The largest absolute Gasteiger partial charge is 0.495 e. The highest BCUT2D eigenvalue weighted by Crippen LogP contribution is 2.42. The molecule has 2 heterocycles. The number of Topliss-reactive ketones (excluding diaryl/α,β-unsaturated/α-hetero) is 1. The fraction of sp³-hybridized carbons (Fsp3) is 0.500. The number of methoxy groups -OCH3 is 1. The molecule has 3 rings (SSSR count). The van der Waals surface area contributed by atoms with E-state index < -0.39 is 0 Å². The van der Waals surface area contributed by atoms with Crippen LogP contribution in [-0.2, 0) is 4.79 Å². The molecule has 0 radical (unpaired) electrons. The highest BCUT2D eigenvalue weighted by molar-refractivity contribution is 5.84. The van der Waals surface area contributed by atoms with Gasteiger partial charge in [-0.15, -0.1) is 0 Å². The number of rotatable bonds is 2. The molecule has 0 aliphatic carbocycles. The van der Waals surface area contributed by atoms with Crippen LogP contribution in [0.1, 0.15) is 37.7 Å². The van der Waals surface area contributed by atoms with Crippen LogP contribution in [0.2, 0.25) is 0 Å². The summed E-state index contributed by atoms with van der Waals surface area (Å²) in [5, 5.41) is 9.39. The molecule has 4 heteroatoms. The highest BCUT2D eigenvalue weighted by Gasteiger charge is 2.39. The summed E-state index contributed by atoms with van der Waals surface area (Å²) in [5.41, 5.74) is 1.51. The number of carbonyl (C=O) groups excluding carboxylic acids is 1. The van der Waals surface area contributed by atoms with E-state index in [0.29, 0.717) is 24.2 Å². The van der Waals surface area contributed by atoms with Crippen LogP contribution in [0.3, 0.4) is 0 Å². The van der Waals surface area contributed by atoms with E-state index in [1.54, 1.807) is 7.11 Å². The van der Waals surface area contributed by atoms with Gasteiger partial charge in [0.05, 0.1) is 18.4 Å². The lowest BCUT2D eigenvalue weighted by Gasteiger charge is -2.47. The summed E-state index contributed by atoms with van der Waals surface area (Å²) in [6.07, 6.45) is 4.39. The highest BCUT2D eigenvalue weighted by atomic mass is 16.5. The quantitative estimate of drug-likeness (QED) is 0.829. The van der Waals surface area contributed by atoms with Gasteiger partial charge in [0.1, 0.15) is 17.6 Å². The second kappa shape index (κ2) is 5.16. The summed E-state index contributed by atoms with van der Waals surface area (Å²) in [6.45, 7) is 0. The Morgan fingerprint density at radius 2 is 2.00 bits per heavy atom. The van der Waals surface area contributed by atoms with Gasteiger partial charge in [-0.1, -0.05) is 6.07 Å². The lowest BCUT2D eigenvalue weighted by Crippen LogP contribution is -2.53. The zero-order chi connectivity index (χ0) is 14.1. The third kappa shape index (κ3) is 2.03. The third-order valence-electron chi connectivity index (χ3n) is 4.39. The fourth-order valence-corrected chi connectivity index (χ4v) is 3.58. The molecule has 2 unspecified atom stereocenters. The molecule has 4 nitrogen and oxygen atoms in total. The molecule has 2 fully saturated rings. The number of para-hydroxylation sites is 1. The number of anilines is 1. The summed E-state index contributed by atoms with van der Waals surface area (Å²) in [7, 11) is 1.63. The molecule has 1 aromatic carbocycles. The van der Waals surface area contributed by atoms with Crippen LogP contribution in [0.4, 0.5) is 5.69 Å². The van der Waals surface area contributed by atoms with E-state index in [4.69, 9.17) is 4.74 Å². The Hall–Kier alpha value is -2.02. The monoisotopic (exact) mass is 270 g/mol. The average Bonchev–Trinajstić information content (AvgIpc) is 2.45. The zero-order valence-electron chi connectivity index (χ0n) is 11.6. The van der Waals surface area contributed by atoms with E-state index in [1.807, 2.05) is 18.2 Å². The molecule has 2 aliphatic heterocycles. The van der Waals surface area contributed by atoms with Crippen LogP contribution in [0, 0.1) is 11.3 Å². The van der Waals surface area contributed by atoms with E-state index in [1.165, 1.54) is 0 Å². The standard InChI is InChI=1S/C16H18N2O2/c1-20-15-7-2-4-11(10-17)16(15)18-12-5-3-6-13(18)9-14(19)8-12/h2,4,7,12-13H,3,5-6,8-9H2,1H3. The molecule has 2 saturated heterocycles. The summed E-state index contributed by atoms with van der Waals surface area (Å²) in [6, 6.07) is 8.26. The molecule has 20 heavy (non-hydrogen) atoms. The van der Waals surface area contributed by atoms with E-state index in [-0.39, 0.29) is 12.1 Å². The minimum absolute atomic E-state index is 0.221. The molecule has 0 amide bonds. The van der Waals surface area contributed by atoms with Crippen LogP contribution in [-0.4, -0.2) is 25.0 Å². The van der Waals surface area contributed by atoms with Crippen molar-refractivity contribution in [1.82, 2.24) is 0 Å². The van der Waals surface area contributed by atoms with Gasteiger partial charge in [-0.3, -0.25) is 4.79 Å². The van der Waals surface area contributed by atoms with Crippen molar-refractivity contribution in [1.29, 1.82) is 5.26 Å². The van der Waals surface area contributed by atoms with Gasteiger partial charge < -0.3 is 9.64 Å². The number of carbonyl (C=O) groups is 1. The van der Waals surface area contributed by atoms with E-state index in [0.717, 1.165) is 30.7 Å². The Kier molecular flexibility index (Phi) is 3.35. The predicted octanol–water partition coefficient (Wildman–Crippen LogP) is 2.66. The van der Waals surface area contributed by atoms with E-state index in [9.17, 15) is 10.1 Å². The van der Waals surface area contributed by atoms with E-state index in [2.05, 4.69) is 11.0 Å². The van der Waals surface area contributed by atoms with Crippen molar-refractivity contribution in [3.63, 3.8) is 0 Å². The SMILES string of the molecule is COc1cccc(C#N)c1N1C2CCCC1CC(=O)C2. The molecular formula is C16H18N2O2. The van der Waals surface area contributed by atoms with Crippen molar-refractivity contribution in [2.75, 3.05) is 12.0 Å². The van der Waals surface area contributed by atoms with Crippen LogP contribution in [0.25, 0.3) is 0 Å². The Balaban J connectivity index is 2.08. The topological polar surface area (TPSA) is 53.3 Å². The first-order chi connectivity index (χ1) is 9.74. The van der Waals surface area contributed by atoms with E-state index >= 15 is 0 Å². The number of benzene rings is 1. The molecule has 104 valence electrons. The minimum Gasteiger partial charge on any atom is -0.495 e. The average molecular weight is 270 g/mol. The molecule has 0 spiro atoms. The molecule has 0 N–H and O–H groups in total. The van der Waals surface area contributed by atoms with Gasteiger partial charge in [0.2, 0.25) is 0 Å². The fourth-order valence-electron chi connectivity index (χ4n) is 3.58. The van der Waals surface area contributed by atoms with Crippen molar-refractivity contribution < 1.29 is 9.53 Å². The van der Waals surface area contributed by atoms with Gasteiger partial charge >= 0.3 is 0 Å². The number of nitrogens with zero attached hydrogens (tertiary/aromatic N) is 2. The van der Waals surface area contributed by atoms with Gasteiger partial charge in [-0.05, 0) is 31.4 Å². The summed E-state index contributed by atoms with van der Waals surface area (Å²) < 4.78 is 5.46. The molecular weight excluding hydrogens is 252 g/mol. The van der Waals surface area contributed by atoms with Gasteiger partial charge in [0, 0.05) is 24.9 Å². The van der Waals surface area contributed by atoms with Crippen molar-refractivity contribution >= 4 is 11.5 Å². The van der Waals surface area contributed by atoms with Crippen LogP contribution in [0.5, 0.6) is 5.75 Å². The number of ether oxygens (including phenoxy) is 1. The maximum atomic E-state index is 11.8. The molecule has 2 aliphatic rings. The number of hydrogen-bond donors (Lipinski definition) is 0. The Bertz CT molecular complexity index is 560. The number of piperidine rings is 2. The van der Waals surface area contributed by atoms with Crippen molar-refractivity contribution in [2.24, 2.45) is 0 Å². The first-order valence-corrected chi connectivity index (χ1v) is 7.11. The predicted molar refractivity (Wildman–Crippen MR) is 75.9 cm³/mol. The van der Waals surface area contributed by atoms with Crippen LogP contribution < -0.4 is 9.64 Å². The number of fused-ring (bicyclic) bond motifs is 2. The maximum absolute atomic E-state index is 11.8. The summed E-state index contributed by atoms with van der Waals surface area (Å²) in [5.74, 6) is 1.08. The number of nitriles is 1. The Morgan fingerprint density at radius 3 is 2.60 bits per heavy atom. The van der Waals surface area contributed by atoms with Gasteiger partial charge in [0.25, 0.3) is 0 Å². The summed E-state index contributed by atoms with van der Waals surface area (Å²) >= 11 is 0. The molecule has 2 atom stereocenters. The van der Waals surface area contributed by atoms with Gasteiger partial charge in [-0.2, -0.15) is 5.26 Å². The lowest BCUT2D eigenvalue weighted by molar-refractivity contribution is -0.121. The Morgan fingerprint density at radius 1 is 1.30 bits per heavy atom. The second-order valence-corrected chi connectivity index (χ2v) is 5.56. The normalized spacial score (nSPS) is 25.2. The Labute approximate surface area is 118 Å². The van der Waals surface area contributed by atoms with Gasteiger partial charge in [-0.25, -0.2) is 0 Å². The van der Waals surface area contributed by atoms with Crippen LogP contribution >= 0.6 is 0 Å². The molecule has 2 bridgehead atoms. The third-order valence-corrected chi connectivity index (χ3v) is 4.39. The van der Waals surface area contributed by atoms with Gasteiger partial charge in [0.15, 0.2) is 0 Å². The zero-order valence-corrected chi connectivity index (χ0v) is 11.6. The summed E-state index contributed by atoms with van der Waals surface area (Å²) in [4.78, 5) is 14.1. The molecule has 0 aromatic heterocycles. The van der Waals surface area contributed by atoms with Crippen molar-refractivity contribution in [2.45, 2.75) is 44.2 Å². The molecule has 1 aromatic rings. The maximum Gasteiger partial charge on any atom is 0.143 e. The lowest BCUT2D eigenvalue weighted by atomic mass is 9.83. The van der Waals surface area contributed by atoms with Crippen LogP contribution in [0.15, 0.2) is 18.2 Å². The minimum atomic E-state index is 0.221. The number of ketones is 1. The first kappa shape index (κ1) is 13.0. The van der Waals surface area contributed by atoms with Crippen molar-refractivity contribution in [3.05, 3.63) is 23.8 Å². The smallest absolute Gasteiger partial charge is 0.143 e. The number of hydrogen-bond acceptors (Lipinski definition) is 4. The van der Waals surface area contributed by atoms with Crippen molar-refractivity contribution in [3.8, 4) is 11.8 Å². The molecule has 0 saturated carbocycles. The second-order valence-electron chi connectivity index (χ2n) is 5.56.